The van der Waals surface area contributed by atoms with Crippen molar-refractivity contribution >= 4 is 5.78 Å². The minimum atomic E-state index is -0.0521. The van der Waals surface area contributed by atoms with Gasteiger partial charge in [-0.1, -0.05) is 0 Å². The number of ketones is 1. The number of rotatable bonds is 3. The van der Waals surface area contributed by atoms with Crippen LogP contribution in [0.5, 0.6) is 0 Å². The molecule has 2 N–H and O–H groups in total. The average molecular weight is 215 g/mol. The number of benzene rings is 1. The molecule has 2 aromatic rings. The zero-order chi connectivity index (χ0) is 11.5. The molecule has 0 spiro atoms. The van der Waals surface area contributed by atoms with Gasteiger partial charge in [0.15, 0.2) is 5.78 Å². The summed E-state index contributed by atoms with van der Waals surface area (Å²) in [5.41, 5.74) is 7.92. The van der Waals surface area contributed by atoms with E-state index in [-0.39, 0.29) is 12.3 Å². The molecule has 0 fully saturated rings. The van der Waals surface area contributed by atoms with Crippen molar-refractivity contribution in [1.29, 1.82) is 0 Å². The van der Waals surface area contributed by atoms with Gasteiger partial charge in [-0.25, -0.2) is 4.68 Å². The predicted octanol–water partition coefficient (Wildman–Crippen LogP) is 1.32. The molecule has 1 aromatic heterocycles. The van der Waals surface area contributed by atoms with Gasteiger partial charge < -0.3 is 5.73 Å². The van der Waals surface area contributed by atoms with Crippen molar-refractivity contribution in [3.8, 4) is 5.69 Å². The highest BCUT2D eigenvalue weighted by Gasteiger charge is 2.04. The van der Waals surface area contributed by atoms with Gasteiger partial charge in [0.1, 0.15) is 0 Å². The van der Waals surface area contributed by atoms with Crippen molar-refractivity contribution in [2.75, 3.05) is 6.54 Å². The minimum absolute atomic E-state index is 0.0418. The molecule has 0 aliphatic rings. The maximum absolute atomic E-state index is 11.3. The van der Waals surface area contributed by atoms with E-state index >= 15 is 0 Å². The molecule has 0 saturated heterocycles. The Balaban J connectivity index is 2.33. The Hall–Kier alpha value is -1.94. The summed E-state index contributed by atoms with van der Waals surface area (Å²) in [6.07, 6.45) is 1.74. The number of aryl methyl sites for hydroxylation is 1. The number of nitrogens with two attached hydrogens (primary N) is 1. The first-order valence-electron chi connectivity index (χ1n) is 5.06. The van der Waals surface area contributed by atoms with Gasteiger partial charge in [-0.2, -0.15) is 5.10 Å². The summed E-state index contributed by atoms with van der Waals surface area (Å²) < 4.78 is 1.82. The molecule has 0 unspecified atom stereocenters. The van der Waals surface area contributed by atoms with Gasteiger partial charge in [0.05, 0.1) is 12.2 Å². The molecular formula is C12H13N3O. The van der Waals surface area contributed by atoms with Crippen LogP contribution >= 0.6 is 0 Å². The number of hydrogen-bond donors (Lipinski definition) is 1. The third kappa shape index (κ3) is 1.87. The van der Waals surface area contributed by atoms with Gasteiger partial charge in [0.25, 0.3) is 0 Å². The first kappa shape index (κ1) is 10.6. The van der Waals surface area contributed by atoms with Gasteiger partial charge in [0.2, 0.25) is 0 Å². The lowest BCUT2D eigenvalue weighted by molar-refractivity contribution is 0.100. The molecule has 0 atom stereocenters. The van der Waals surface area contributed by atoms with E-state index in [9.17, 15) is 4.79 Å². The molecular weight excluding hydrogens is 202 g/mol. The molecule has 4 heteroatoms. The van der Waals surface area contributed by atoms with Crippen molar-refractivity contribution in [2.45, 2.75) is 6.92 Å². The normalized spacial score (nSPS) is 10.4. The fourth-order valence-corrected chi connectivity index (χ4v) is 1.55. The maximum atomic E-state index is 11.3. The van der Waals surface area contributed by atoms with Crippen LogP contribution in [0, 0.1) is 6.92 Å². The quantitative estimate of drug-likeness (QED) is 0.785. The molecule has 0 aliphatic heterocycles. The van der Waals surface area contributed by atoms with Crippen LogP contribution < -0.4 is 5.73 Å². The highest BCUT2D eigenvalue weighted by Crippen LogP contribution is 2.11. The zero-order valence-electron chi connectivity index (χ0n) is 9.05. The third-order valence-electron chi connectivity index (χ3n) is 2.45. The summed E-state index contributed by atoms with van der Waals surface area (Å²) in [4.78, 5) is 11.3. The second-order valence-corrected chi connectivity index (χ2v) is 3.56. The largest absolute Gasteiger partial charge is 0.324 e. The van der Waals surface area contributed by atoms with Crippen LogP contribution in [0.15, 0.2) is 36.5 Å². The predicted molar refractivity (Wildman–Crippen MR) is 61.7 cm³/mol. The van der Waals surface area contributed by atoms with Crippen LogP contribution in [-0.4, -0.2) is 22.1 Å². The Morgan fingerprint density at radius 3 is 2.50 bits per heavy atom. The lowest BCUT2D eigenvalue weighted by Crippen LogP contribution is -2.13. The summed E-state index contributed by atoms with van der Waals surface area (Å²) >= 11 is 0. The molecule has 16 heavy (non-hydrogen) atoms. The van der Waals surface area contributed by atoms with E-state index in [0.717, 1.165) is 11.4 Å². The fourth-order valence-electron chi connectivity index (χ4n) is 1.55. The highest BCUT2D eigenvalue weighted by molar-refractivity contribution is 5.97. The summed E-state index contributed by atoms with van der Waals surface area (Å²) in [6, 6.07) is 9.20. The SMILES string of the molecule is Cc1ccnn1-c1ccc(C(=O)CN)cc1. The van der Waals surface area contributed by atoms with Crippen LogP contribution in [0.1, 0.15) is 16.1 Å². The van der Waals surface area contributed by atoms with Crippen molar-refractivity contribution < 1.29 is 4.79 Å². The molecule has 0 aliphatic carbocycles. The fraction of sp³-hybridized carbons (Fsp3) is 0.167. The van der Waals surface area contributed by atoms with Gasteiger partial charge >= 0.3 is 0 Å². The second kappa shape index (κ2) is 4.28. The summed E-state index contributed by atoms with van der Waals surface area (Å²) in [5, 5.41) is 4.19. The van der Waals surface area contributed by atoms with Gasteiger partial charge in [0, 0.05) is 17.5 Å². The van der Waals surface area contributed by atoms with E-state index in [0.29, 0.717) is 5.56 Å². The molecule has 1 aromatic carbocycles. The molecule has 4 nitrogen and oxygen atoms in total. The molecule has 0 saturated carbocycles. The highest BCUT2D eigenvalue weighted by atomic mass is 16.1. The van der Waals surface area contributed by atoms with E-state index in [2.05, 4.69) is 5.10 Å². The van der Waals surface area contributed by atoms with Crippen LogP contribution in [0.25, 0.3) is 5.69 Å². The Morgan fingerprint density at radius 1 is 1.31 bits per heavy atom. The molecule has 0 amide bonds. The van der Waals surface area contributed by atoms with Crippen LogP contribution in [0.3, 0.4) is 0 Å². The number of hydrogen-bond acceptors (Lipinski definition) is 3. The van der Waals surface area contributed by atoms with Crippen molar-refractivity contribution in [1.82, 2.24) is 9.78 Å². The Labute approximate surface area is 93.7 Å². The topological polar surface area (TPSA) is 60.9 Å². The molecule has 1 heterocycles. The number of carbonyl (C=O) groups is 1. The third-order valence-corrected chi connectivity index (χ3v) is 2.45. The first-order valence-corrected chi connectivity index (χ1v) is 5.06. The summed E-state index contributed by atoms with van der Waals surface area (Å²) in [7, 11) is 0. The van der Waals surface area contributed by atoms with Gasteiger partial charge in [-0.15, -0.1) is 0 Å². The van der Waals surface area contributed by atoms with Gasteiger partial charge in [-0.3, -0.25) is 4.79 Å². The van der Waals surface area contributed by atoms with Crippen molar-refractivity contribution in [3.05, 3.63) is 47.8 Å². The van der Waals surface area contributed by atoms with E-state index in [1.54, 1.807) is 18.3 Å². The standard InChI is InChI=1S/C12H13N3O/c1-9-6-7-14-15(9)11-4-2-10(3-5-11)12(16)8-13/h2-7H,8,13H2,1H3. The maximum Gasteiger partial charge on any atom is 0.176 e. The smallest absolute Gasteiger partial charge is 0.176 e. The van der Waals surface area contributed by atoms with Crippen molar-refractivity contribution in [3.63, 3.8) is 0 Å². The zero-order valence-corrected chi connectivity index (χ0v) is 9.05. The number of carbonyl (C=O) groups excluding carboxylic acids is 1. The number of aromatic nitrogens is 2. The van der Waals surface area contributed by atoms with Gasteiger partial charge in [-0.05, 0) is 37.3 Å². The van der Waals surface area contributed by atoms with Crippen LogP contribution in [0.2, 0.25) is 0 Å². The molecule has 0 radical (unpaired) electrons. The lowest BCUT2D eigenvalue weighted by Gasteiger charge is -2.05. The molecule has 2 rings (SSSR count). The Morgan fingerprint density at radius 2 is 2.00 bits per heavy atom. The molecule has 82 valence electrons. The number of nitrogens with zero attached hydrogens (tertiary/aromatic N) is 2. The van der Waals surface area contributed by atoms with E-state index in [1.165, 1.54) is 0 Å². The Bertz CT molecular complexity index is 499. The first-order chi connectivity index (χ1) is 7.72. The molecule has 0 bridgehead atoms. The Kier molecular flexibility index (Phi) is 2.83. The van der Waals surface area contributed by atoms with Crippen LogP contribution in [0.4, 0.5) is 0 Å². The summed E-state index contributed by atoms with van der Waals surface area (Å²) in [6.45, 7) is 2.02. The summed E-state index contributed by atoms with van der Waals surface area (Å²) in [5.74, 6) is -0.0521. The lowest BCUT2D eigenvalue weighted by atomic mass is 10.1. The van der Waals surface area contributed by atoms with Crippen molar-refractivity contribution in [2.24, 2.45) is 5.73 Å². The number of Topliss-reactive ketones (excluding diaryl/α,β-unsaturated/α-hetero) is 1. The minimum Gasteiger partial charge on any atom is -0.324 e. The van der Waals surface area contributed by atoms with E-state index in [1.807, 2.05) is 29.8 Å². The second-order valence-electron chi connectivity index (χ2n) is 3.56. The van der Waals surface area contributed by atoms with E-state index < -0.39 is 0 Å². The monoisotopic (exact) mass is 215 g/mol. The van der Waals surface area contributed by atoms with Crippen LogP contribution in [-0.2, 0) is 0 Å². The van der Waals surface area contributed by atoms with E-state index in [4.69, 9.17) is 5.73 Å². The average Bonchev–Trinajstić information content (AvgIpc) is 2.75.